The Balaban J connectivity index is 1.67. The molecule has 0 spiro atoms. The Morgan fingerprint density at radius 2 is 2.22 bits per heavy atom. The first-order chi connectivity index (χ1) is 8.72. The molecule has 2 heteroatoms. The number of fused-ring (bicyclic) bond motifs is 1. The Bertz CT molecular complexity index is 431. The molecule has 0 aliphatic heterocycles. The van der Waals surface area contributed by atoms with Gasteiger partial charge in [-0.05, 0) is 60.8 Å². The lowest BCUT2D eigenvalue weighted by atomic mass is 9.67. The van der Waals surface area contributed by atoms with Crippen LogP contribution >= 0.6 is 15.9 Å². The van der Waals surface area contributed by atoms with Crippen LogP contribution in [0.25, 0.3) is 0 Å². The quantitative estimate of drug-likeness (QED) is 0.856. The third kappa shape index (κ3) is 2.25. The van der Waals surface area contributed by atoms with Crippen LogP contribution < -0.4 is 5.32 Å². The molecule has 1 unspecified atom stereocenters. The van der Waals surface area contributed by atoms with Crippen LogP contribution in [0.5, 0.6) is 0 Å². The van der Waals surface area contributed by atoms with E-state index in [1.165, 1.54) is 60.7 Å². The minimum absolute atomic E-state index is 0.585. The first-order valence-electron chi connectivity index (χ1n) is 7.24. The summed E-state index contributed by atoms with van der Waals surface area (Å²) >= 11 is 3.59. The molecule has 0 heterocycles. The largest absolute Gasteiger partial charge is 0.309 e. The van der Waals surface area contributed by atoms with Gasteiger partial charge in [-0.3, -0.25) is 0 Å². The molecule has 18 heavy (non-hydrogen) atoms. The van der Waals surface area contributed by atoms with Gasteiger partial charge in [0.15, 0.2) is 0 Å². The Labute approximate surface area is 118 Å². The molecule has 98 valence electrons. The van der Waals surface area contributed by atoms with Gasteiger partial charge in [0.2, 0.25) is 0 Å². The highest BCUT2D eigenvalue weighted by Gasteiger charge is 2.35. The minimum atomic E-state index is 0.585. The van der Waals surface area contributed by atoms with Crippen molar-refractivity contribution < 1.29 is 0 Å². The molecule has 1 aromatic rings. The average Bonchev–Trinajstić information content (AvgIpc) is 2.71. The Morgan fingerprint density at radius 3 is 2.89 bits per heavy atom. The van der Waals surface area contributed by atoms with Crippen molar-refractivity contribution in [2.75, 3.05) is 6.54 Å². The molecule has 0 radical (unpaired) electrons. The summed E-state index contributed by atoms with van der Waals surface area (Å²) in [7, 11) is 0. The molecule has 1 nitrogen and oxygen atoms in total. The van der Waals surface area contributed by atoms with Gasteiger partial charge in [0.25, 0.3) is 0 Å². The van der Waals surface area contributed by atoms with E-state index >= 15 is 0 Å². The fraction of sp³-hybridized carbons (Fsp3) is 0.625. The maximum atomic E-state index is 3.84. The maximum absolute atomic E-state index is 3.84. The number of nitrogens with one attached hydrogen (secondary N) is 1. The lowest BCUT2D eigenvalue weighted by Gasteiger charge is -2.42. The van der Waals surface area contributed by atoms with Gasteiger partial charge >= 0.3 is 0 Å². The van der Waals surface area contributed by atoms with Gasteiger partial charge in [0.1, 0.15) is 0 Å². The zero-order valence-electron chi connectivity index (χ0n) is 11.1. The first kappa shape index (κ1) is 12.7. The standard InChI is InChI=1S/C16H22BrN/c1-2-16(8-3-9-16)11-18-15-7-5-12-4-6-13(17)10-14(12)15/h4,6,10,15,18H,2-3,5,7-9,11H2,1H3. The lowest BCUT2D eigenvalue weighted by molar-refractivity contribution is 0.119. The smallest absolute Gasteiger partial charge is 0.0326 e. The highest BCUT2D eigenvalue weighted by Crippen LogP contribution is 2.44. The van der Waals surface area contributed by atoms with Gasteiger partial charge in [-0.25, -0.2) is 0 Å². The van der Waals surface area contributed by atoms with Gasteiger partial charge in [0.05, 0.1) is 0 Å². The van der Waals surface area contributed by atoms with E-state index in [1.54, 1.807) is 0 Å². The lowest BCUT2D eigenvalue weighted by Crippen LogP contribution is -2.40. The van der Waals surface area contributed by atoms with Crippen LogP contribution in [0.2, 0.25) is 0 Å². The number of halogens is 1. The number of aryl methyl sites for hydroxylation is 1. The van der Waals surface area contributed by atoms with Crippen molar-refractivity contribution in [3.63, 3.8) is 0 Å². The fourth-order valence-corrected chi connectivity index (χ4v) is 3.84. The zero-order valence-corrected chi connectivity index (χ0v) is 12.7. The molecule has 3 rings (SSSR count). The third-order valence-corrected chi connectivity index (χ3v) is 5.57. The summed E-state index contributed by atoms with van der Waals surface area (Å²) in [6.07, 6.45) is 8.12. The van der Waals surface area contributed by atoms with Crippen molar-refractivity contribution in [2.24, 2.45) is 5.41 Å². The zero-order chi connectivity index (χ0) is 12.6. The summed E-state index contributed by atoms with van der Waals surface area (Å²) < 4.78 is 1.21. The molecule has 0 bridgehead atoms. The van der Waals surface area contributed by atoms with Gasteiger partial charge < -0.3 is 5.32 Å². The monoisotopic (exact) mass is 307 g/mol. The topological polar surface area (TPSA) is 12.0 Å². The van der Waals surface area contributed by atoms with Crippen LogP contribution in [-0.4, -0.2) is 6.54 Å². The molecule has 1 atom stereocenters. The molecule has 1 N–H and O–H groups in total. The normalized spacial score (nSPS) is 24.7. The number of hydrogen-bond acceptors (Lipinski definition) is 1. The van der Waals surface area contributed by atoms with Crippen LogP contribution in [0, 0.1) is 5.41 Å². The molecular weight excluding hydrogens is 286 g/mol. The summed E-state index contributed by atoms with van der Waals surface area (Å²) in [4.78, 5) is 0. The van der Waals surface area contributed by atoms with Crippen LogP contribution in [0.4, 0.5) is 0 Å². The molecule has 1 saturated carbocycles. The molecule has 1 aromatic carbocycles. The second-order valence-corrected chi connectivity index (χ2v) is 6.94. The molecule has 2 aliphatic carbocycles. The maximum Gasteiger partial charge on any atom is 0.0326 e. The van der Waals surface area contributed by atoms with Crippen LogP contribution in [-0.2, 0) is 6.42 Å². The molecular formula is C16H22BrN. The second kappa shape index (κ2) is 4.97. The third-order valence-electron chi connectivity index (χ3n) is 5.07. The van der Waals surface area contributed by atoms with E-state index in [9.17, 15) is 0 Å². The van der Waals surface area contributed by atoms with Gasteiger partial charge in [-0.2, -0.15) is 0 Å². The predicted octanol–water partition coefficient (Wildman–Crippen LogP) is 4.61. The van der Waals surface area contributed by atoms with E-state index in [1.807, 2.05) is 0 Å². The van der Waals surface area contributed by atoms with E-state index in [4.69, 9.17) is 0 Å². The van der Waals surface area contributed by atoms with Crippen molar-refractivity contribution in [1.82, 2.24) is 5.32 Å². The highest BCUT2D eigenvalue weighted by molar-refractivity contribution is 9.10. The Kier molecular flexibility index (Phi) is 3.50. The number of benzene rings is 1. The molecule has 1 fully saturated rings. The molecule has 2 aliphatic rings. The number of hydrogen-bond donors (Lipinski definition) is 1. The predicted molar refractivity (Wildman–Crippen MR) is 79.8 cm³/mol. The van der Waals surface area contributed by atoms with Crippen LogP contribution in [0.1, 0.15) is 56.2 Å². The van der Waals surface area contributed by atoms with Crippen molar-refractivity contribution in [3.8, 4) is 0 Å². The highest BCUT2D eigenvalue weighted by atomic mass is 79.9. The molecule has 0 saturated heterocycles. The Hall–Kier alpha value is -0.340. The van der Waals surface area contributed by atoms with Crippen molar-refractivity contribution in [2.45, 2.75) is 51.5 Å². The number of rotatable bonds is 4. The van der Waals surface area contributed by atoms with Crippen LogP contribution in [0.3, 0.4) is 0 Å². The SMILES string of the molecule is CCC1(CNC2CCc3ccc(Br)cc32)CCC1. The summed E-state index contributed by atoms with van der Waals surface area (Å²) in [6.45, 7) is 3.56. The van der Waals surface area contributed by atoms with E-state index in [0.717, 1.165) is 0 Å². The molecule has 0 aromatic heterocycles. The summed E-state index contributed by atoms with van der Waals surface area (Å²) in [5.41, 5.74) is 3.68. The van der Waals surface area contributed by atoms with Crippen molar-refractivity contribution in [3.05, 3.63) is 33.8 Å². The van der Waals surface area contributed by atoms with E-state index < -0.39 is 0 Å². The van der Waals surface area contributed by atoms with Gasteiger partial charge in [-0.1, -0.05) is 35.3 Å². The van der Waals surface area contributed by atoms with E-state index in [2.05, 4.69) is 46.4 Å². The minimum Gasteiger partial charge on any atom is -0.309 e. The molecule has 0 amide bonds. The van der Waals surface area contributed by atoms with E-state index in [-0.39, 0.29) is 0 Å². The summed E-state index contributed by atoms with van der Waals surface area (Å²) in [5, 5.41) is 3.84. The van der Waals surface area contributed by atoms with Crippen LogP contribution in [0.15, 0.2) is 22.7 Å². The van der Waals surface area contributed by atoms with Gasteiger partial charge in [0, 0.05) is 17.1 Å². The van der Waals surface area contributed by atoms with Gasteiger partial charge in [-0.15, -0.1) is 0 Å². The first-order valence-corrected chi connectivity index (χ1v) is 8.03. The fourth-order valence-electron chi connectivity index (χ4n) is 3.46. The van der Waals surface area contributed by atoms with E-state index in [0.29, 0.717) is 11.5 Å². The second-order valence-electron chi connectivity index (χ2n) is 6.02. The van der Waals surface area contributed by atoms with Crippen molar-refractivity contribution >= 4 is 15.9 Å². The van der Waals surface area contributed by atoms with Crippen molar-refractivity contribution in [1.29, 1.82) is 0 Å². The average molecular weight is 308 g/mol. The summed E-state index contributed by atoms with van der Waals surface area (Å²) in [5.74, 6) is 0. The Morgan fingerprint density at radius 1 is 1.39 bits per heavy atom. The summed E-state index contributed by atoms with van der Waals surface area (Å²) in [6, 6.07) is 7.33.